The maximum atomic E-state index is 12.0. The lowest BCUT2D eigenvalue weighted by Crippen LogP contribution is -2.53. The van der Waals surface area contributed by atoms with Crippen LogP contribution in [0.1, 0.15) is 20.3 Å². The highest BCUT2D eigenvalue weighted by molar-refractivity contribution is 7.88. The highest BCUT2D eigenvalue weighted by Crippen LogP contribution is 2.18. The van der Waals surface area contributed by atoms with Crippen molar-refractivity contribution >= 4 is 16.0 Å². The van der Waals surface area contributed by atoms with Crippen LogP contribution in [0.3, 0.4) is 0 Å². The smallest absolute Gasteiger partial charge is 0.356 e. The molecule has 0 aliphatic carbocycles. The van der Waals surface area contributed by atoms with Gasteiger partial charge >= 0.3 is 6.18 Å². The number of nitrogens with one attached hydrogen (secondary N) is 3. The number of rotatable bonds is 6. The zero-order chi connectivity index (χ0) is 16.0. The maximum Gasteiger partial charge on any atom is 0.390 e. The van der Waals surface area contributed by atoms with Crippen LogP contribution in [0.4, 0.5) is 13.2 Å². The molecule has 6 nitrogen and oxygen atoms in total. The van der Waals surface area contributed by atoms with Crippen LogP contribution in [-0.2, 0) is 10.0 Å². The molecular formula is C10H21F3N4O2S. The molecule has 10 heteroatoms. The molecule has 0 fully saturated rings. The average molecular weight is 318 g/mol. The van der Waals surface area contributed by atoms with Crippen molar-refractivity contribution in [2.24, 2.45) is 4.99 Å². The fourth-order valence-electron chi connectivity index (χ4n) is 1.39. The largest absolute Gasteiger partial charge is 0.390 e. The summed E-state index contributed by atoms with van der Waals surface area (Å²) >= 11 is 0. The van der Waals surface area contributed by atoms with E-state index < -0.39 is 28.2 Å². The Labute approximate surface area is 117 Å². The minimum atomic E-state index is -4.23. The summed E-state index contributed by atoms with van der Waals surface area (Å²) < 4.78 is 60.7. The summed E-state index contributed by atoms with van der Waals surface area (Å²) in [5.74, 6) is 0.178. The molecule has 0 spiro atoms. The maximum absolute atomic E-state index is 12.0. The number of aliphatic imine (C=N–C) groups is 1. The van der Waals surface area contributed by atoms with Gasteiger partial charge in [0.05, 0.1) is 12.7 Å². The van der Waals surface area contributed by atoms with Crippen molar-refractivity contribution < 1.29 is 21.6 Å². The number of guanidine groups is 1. The van der Waals surface area contributed by atoms with Gasteiger partial charge < -0.3 is 10.6 Å². The number of sulfonamides is 1. The van der Waals surface area contributed by atoms with Crippen LogP contribution in [0.2, 0.25) is 0 Å². The molecule has 0 bridgehead atoms. The third-order valence-electron chi connectivity index (χ3n) is 2.08. The molecule has 0 aromatic rings. The van der Waals surface area contributed by atoms with Gasteiger partial charge in [-0.2, -0.15) is 13.2 Å². The van der Waals surface area contributed by atoms with Crippen LogP contribution >= 0.6 is 0 Å². The van der Waals surface area contributed by atoms with Crippen LogP contribution in [0.5, 0.6) is 0 Å². The Balaban J connectivity index is 4.26. The van der Waals surface area contributed by atoms with Crippen molar-refractivity contribution in [1.82, 2.24) is 15.4 Å². The number of hydrogen-bond donors (Lipinski definition) is 3. The van der Waals surface area contributed by atoms with Crippen molar-refractivity contribution in [1.29, 1.82) is 0 Å². The van der Waals surface area contributed by atoms with Gasteiger partial charge in [-0.05, 0) is 13.8 Å². The standard InChI is InChI=1S/C10H21F3N4O2S/c1-9(2,17-20(4,18)19)7-16-8(14-3)15-6-5-10(11,12)13/h17H,5-7H2,1-4H3,(H2,14,15,16). The Bertz CT molecular complexity index is 432. The highest BCUT2D eigenvalue weighted by atomic mass is 32.2. The average Bonchev–Trinajstić information content (AvgIpc) is 2.17. The number of hydrogen-bond acceptors (Lipinski definition) is 3. The molecule has 120 valence electrons. The predicted molar refractivity (Wildman–Crippen MR) is 72.1 cm³/mol. The Morgan fingerprint density at radius 2 is 1.75 bits per heavy atom. The summed E-state index contributed by atoms with van der Waals surface area (Å²) in [6, 6.07) is 0. The summed E-state index contributed by atoms with van der Waals surface area (Å²) in [4.78, 5) is 3.76. The Morgan fingerprint density at radius 3 is 2.15 bits per heavy atom. The highest BCUT2D eigenvalue weighted by Gasteiger charge is 2.26. The van der Waals surface area contributed by atoms with Crippen molar-refractivity contribution in [3.05, 3.63) is 0 Å². The SMILES string of the molecule is CN=C(NCCC(F)(F)F)NCC(C)(C)NS(C)(=O)=O. The third-order valence-corrected chi connectivity index (χ3v) is 3.01. The number of alkyl halides is 3. The second-order valence-corrected chi connectivity index (χ2v) is 6.72. The number of halogens is 3. The second-order valence-electron chi connectivity index (χ2n) is 4.98. The van der Waals surface area contributed by atoms with Gasteiger partial charge in [0.2, 0.25) is 10.0 Å². The quantitative estimate of drug-likeness (QED) is 0.490. The molecule has 0 saturated carbocycles. The molecule has 0 amide bonds. The van der Waals surface area contributed by atoms with Crippen LogP contribution in [0.15, 0.2) is 4.99 Å². The van der Waals surface area contributed by atoms with Crippen molar-refractivity contribution in [2.75, 3.05) is 26.4 Å². The van der Waals surface area contributed by atoms with E-state index in [1.807, 2.05) is 0 Å². The molecule has 0 saturated heterocycles. The van der Waals surface area contributed by atoms with Crippen LogP contribution in [-0.4, -0.2) is 52.5 Å². The van der Waals surface area contributed by atoms with Gasteiger partial charge in [-0.25, -0.2) is 13.1 Å². The number of nitrogens with zero attached hydrogens (tertiary/aromatic N) is 1. The lowest BCUT2D eigenvalue weighted by atomic mass is 10.1. The van der Waals surface area contributed by atoms with E-state index >= 15 is 0 Å². The summed E-state index contributed by atoms with van der Waals surface area (Å²) in [5, 5.41) is 5.27. The van der Waals surface area contributed by atoms with Crippen LogP contribution in [0, 0.1) is 0 Å². The summed E-state index contributed by atoms with van der Waals surface area (Å²) in [6.45, 7) is 3.16. The van der Waals surface area contributed by atoms with Crippen molar-refractivity contribution in [3.63, 3.8) is 0 Å². The fraction of sp³-hybridized carbons (Fsp3) is 0.900. The van der Waals surface area contributed by atoms with E-state index in [9.17, 15) is 21.6 Å². The van der Waals surface area contributed by atoms with E-state index in [1.165, 1.54) is 7.05 Å². The normalized spacial score (nSPS) is 14.2. The van der Waals surface area contributed by atoms with E-state index in [-0.39, 0.29) is 19.0 Å². The molecule has 0 aromatic heterocycles. The van der Waals surface area contributed by atoms with Gasteiger partial charge in [-0.3, -0.25) is 4.99 Å². The fourth-order valence-corrected chi connectivity index (χ4v) is 2.46. The molecule has 20 heavy (non-hydrogen) atoms. The molecule has 0 rings (SSSR count). The molecule has 3 N–H and O–H groups in total. The minimum absolute atomic E-state index is 0.172. The van der Waals surface area contributed by atoms with E-state index in [0.29, 0.717) is 0 Å². The first-order valence-corrected chi connectivity index (χ1v) is 7.74. The lowest BCUT2D eigenvalue weighted by molar-refractivity contribution is -0.132. The van der Waals surface area contributed by atoms with Gasteiger partial charge in [0.1, 0.15) is 0 Å². The first-order valence-electron chi connectivity index (χ1n) is 5.85. The van der Waals surface area contributed by atoms with E-state index in [4.69, 9.17) is 0 Å². The zero-order valence-electron chi connectivity index (χ0n) is 11.9. The van der Waals surface area contributed by atoms with E-state index in [1.54, 1.807) is 13.8 Å². The topological polar surface area (TPSA) is 82.6 Å². The molecule has 0 atom stereocenters. The van der Waals surface area contributed by atoms with Crippen molar-refractivity contribution in [2.45, 2.75) is 32.0 Å². The van der Waals surface area contributed by atoms with Gasteiger partial charge in [0.15, 0.2) is 5.96 Å². The molecule has 0 aliphatic heterocycles. The Kier molecular flexibility index (Phi) is 6.75. The van der Waals surface area contributed by atoms with Gasteiger partial charge in [-0.15, -0.1) is 0 Å². The van der Waals surface area contributed by atoms with Crippen LogP contribution in [0.25, 0.3) is 0 Å². The van der Waals surface area contributed by atoms with E-state index in [2.05, 4.69) is 20.3 Å². The molecule has 0 radical (unpaired) electrons. The first-order chi connectivity index (χ1) is 8.85. The molecular weight excluding hydrogens is 297 g/mol. The monoisotopic (exact) mass is 318 g/mol. The van der Waals surface area contributed by atoms with Crippen LogP contribution < -0.4 is 15.4 Å². The van der Waals surface area contributed by atoms with Crippen molar-refractivity contribution in [3.8, 4) is 0 Å². The molecule has 0 unspecified atom stereocenters. The predicted octanol–water partition coefficient (Wildman–Crippen LogP) is 0.432. The van der Waals surface area contributed by atoms with Gasteiger partial charge in [0, 0.05) is 25.7 Å². The Hall–Kier alpha value is -1.03. The third kappa shape index (κ3) is 10.9. The summed E-state index contributed by atoms with van der Waals surface area (Å²) in [5.41, 5.74) is -0.796. The summed E-state index contributed by atoms with van der Waals surface area (Å²) in [6.07, 6.45) is -4.17. The first kappa shape index (κ1) is 19.0. The van der Waals surface area contributed by atoms with Gasteiger partial charge in [-0.1, -0.05) is 0 Å². The lowest BCUT2D eigenvalue weighted by Gasteiger charge is -2.26. The van der Waals surface area contributed by atoms with Gasteiger partial charge in [0.25, 0.3) is 0 Å². The van der Waals surface area contributed by atoms with E-state index in [0.717, 1.165) is 6.26 Å². The summed E-state index contributed by atoms with van der Waals surface area (Å²) in [7, 11) is -1.96. The zero-order valence-corrected chi connectivity index (χ0v) is 12.7. The molecule has 0 aliphatic rings. The Morgan fingerprint density at radius 1 is 1.20 bits per heavy atom. The molecule has 0 aromatic carbocycles. The minimum Gasteiger partial charge on any atom is -0.356 e. The molecule has 0 heterocycles. The second kappa shape index (κ2) is 7.11.